The molecule has 1 aromatic carbocycles. The lowest BCUT2D eigenvalue weighted by atomic mass is 10.2. The topological polar surface area (TPSA) is 67.7 Å². The number of halogens is 1. The quantitative estimate of drug-likeness (QED) is 0.576. The first-order valence-corrected chi connectivity index (χ1v) is 7.02. The summed E-state index contributed by atoms with van der Waals surface area (Å²) in [6, 6.07) is 12.8. The third-order valence-corrected chi connectivity index (χ3v) is 3.33. The van der Waals surface area contributed by atoms with Gasteiger partial charge in [-0.3, -0.25) is 4.79 Å². The van der Waals surface area contributed by atoms with Gasteiger partial charge in [0.2, 0.25) is 0 Å². The van der Waals surface area contributed by atoms with E-state index >= 15 is 0 Å². The third-order valence-electron chi connectivity index (χ3n) is 2.90. The molecule has 0 fully saturated rings. The zero-order valence-corrected chi connectivity index (χ0v) is 12.7. The molecule has 3 aromatic rings. The third kappa shape index (κ3) is 2.90. The van der Waals surface area contributed by atoms with Crippen molar-refractivity contribution in [1.82, 2.24) is 5.43 Å². The summed E-state index contributed by atoms with van der Waals surface area (Å²) >= 11 is 3.14. The zero-order valence-electron chi connectivity index (χ0n) is 11.1. The molecule has 106 valence electrons. The minimum absolute atomic E-state index is 0.183. The summed E-state index contributed by atoms with van der Waals surface area (Å²) < 4.78 is 11.3. The maximum atomic E-state index is 11.8. The summed E-state index contributed by atoms with van der Waals surface area (Å²) in [6.07, 6.45) is 0. The highest BCUT2D eigenvalue weighted by molar-refractivity contribution is 9.10. The van der Waals surface area contributed by atoms with Crippen molar-refractivity contribution in [2.24, 2.45) is 5.10 Å². The predicted octanol–water partition coefficient (Wildman–Crippen LogP) is 3.94. The lowest BCUT2D eigenvalue weighted by molar-refractivity contribution is 0.0926. The molecule has 0 saturated heterocycles. The van der Waals surface area contributed by atoms with Crippen LogP contribution in [0.4, 0.5) is 0 Å². The summed E-state index contributed by atoms with van der Waals surface area (Å²) in [7, 11) is 0. The van der Waals surface area contributed by atoms with Crippen LogP contribution in [0.15, 0.2) is 61.1 Å². The number of fused-ring (bicyclic) bond motifs is 1. The van der Waals surface area contributed by atoms with Crippen molar-refractivity contribution in [3.05, 3.63) is 58.7 Å². The molecule has 2 heterocycles. The first-order valence-electron chi connectivity index (χ1n) is 6.22. The monoisotopic (exact) mass is 346 g/mol. The molecule has 0 spiro atoms. The summed E-state index contributed by atoms with van der Waals surface area (Å²) in [5.41, 5.74) is 3.78. The lowest BCUT2D eigenvalue weighted by Crippen LogP contribution is -2.18. The number of hydrogen-bond donors (Lipinski definition) is 1. The van der Waals surface area contributed by atoms with Gasteiger partial charge in [-0.2, -0.15) is 5.10 Å². The molecule has 0 saturated carbocycles. The normalized spacial score (nSPS) is 11.8. The largest absolute Gasteiger partial charge is 0.455 e. The van der Waals surface area contributed by atoms with Gasteiger partial charge in [0.15, 0.2) is 16.2 Å². The van der Waals surface area contributed by atoms with Gasteiger partial charge in [-0.15, -0.1) is 0 Å². The molecule has 0 aliphatic heterocycles. The molecule has 0 aliphatic carbocycles. The number of benzene rings is 1. The fourth-order valence-electron chi connectivity index (χ4n) is 1.84. The van der Waals surface area contributed by atoms with E-state index in [1.165, 1.54) is 0 Å². The minimum Gasteiger partial charge on any atom is -0.455 e. The van der Waals surface area contributed by atoms with E-state index in [9.17, 15) is 4.79 Å². The number of furan rings is 2. The number of hydrogen-bond acceptors (Lipinski definition) is 4. The maximum absolute atomic E-state index is 11.8. The van der Waals surface area contributed by atoms with Gasteiger partial charge in [0, 0.05) is 5.39 Å². The highest BCUT2D eigenvalue weighted by Crippen LogP contribution is 2.19. The summed E-state index contributed by atoms with van der Waals surface area (Å²) in [5, 5.41) is 5.01. The summed E-state index contributed by atoms with van der Waals surface area (Å²) in [6.45, 7) is 1.76. The average Bonchev–Trinajstić information content (AvgIpc) is 3.10. The molecular formula is C15H11BrN2O3. The van der Waals surface area contributed by atoms with Crippen LogP contribution in [0.1, 0.15) is 23.2 Å². The maximum Gasteiger partial charge on any atom is 0.307 e. The van der Waals surface area contributed by atoms with Gasteiger partial charge in [0.05, 0.1) is 0 Å². The van der Waals surface area contributed by atoms with Crippen molar-refractivity contribution in [3.63, 3.8) is 0 Å². The Morgan fingerprint density at radius 2 is 1.95 bits per heavy atom. The van der Waals surface area contributed by atoms with Crippen LogP contribution in [-0.2, 0) is 0 Å². The van der Waals surface area contributed by atoms with Crippen molar-refractivity contribution < 1.29 is 13.6 Å². The Bertz CT molecular complexity index is 799. The second kappa shape index (κ2) is 5.57. The van der Waals surface area contributed by atoms with Crippen LogP contribution in [0.3, 0.4) is 0 Å². The zero-order chi connectivity index (χ0) is 14.8. The number of amides is 1. The standard InChI is InChI=1S/C15H11BrN2O3/c1-9(13-8-10-4-2-3-5-11(10)20-13)17-18-15(19)12-6-7-14(16)21-12/h2-8H,1H3,(H,18,19). The second-order valence-electron chi connectivity index (χ2n) is 4.39. The van der Waals surface area contributed by atoms with E-state index in [4.69, 9.17) is 8.83 Å². The van der Waals surface area contributed by atoms with Crippen LogP contribution in [-0.4, -0.2) is 11.6 Å². The average molecular weight is 347 g/mol. The number of nitrogens with one attached hydrogen (secondary N) is 1. The van der Waals surface area contributed by atoms with E-state index in [2.05, 4.69) is 26.5 Å². The van der Waals surface area contributed by atoms with E-state index in [1.54, 1.807) is 19.1 Å². The number of carbonyl (C=O) groups is 1. The van der Waals surface area contributed by atoms with Crippen molar-refractivity contribution in [3.8, 4) is 0 Å². The molecule has 0 aliphatic rings. The number of para-hydroxylation sites is 1. The van der Waals surface area contributed by atoms with E-state index in [-0.39, 0.29) is 5.76 Å². The Morgan fingerprint density at radius 1 is 1.14 bits per heavy atom. The molecule has 21 heavy (non-hydrogen) atoms. The van der Waals surface area contributed by atoms with Gasteiger partial charge in [-0.05, 0) is 47.1 Å². The Balaban J connectivity index is 1.78. The number of carbonyl (C=O) groups excluding carboxylic acids is 1. The van der Waals surface area contributed by atoms with Crippen molar-refractivity contribution in [2.75, 3.05) is 0 Å². The molecule has 3 rings (SSSR count). The fourth-order valence-corrected chi connectivity index (χ4v) is 2.15. The van der Waals surface area contributed by atoms with Crippen LogP contribution in [0.25, 0.3) is 11.0 Å². The highest BCUT2D eigenvalue weighted by atomic mass is 79.9. The Labute approximate surface area is 128 Å². The smallest absolute Gasteiger partial charge is 0.307 e. The van der Waals surface area contributed by atoms with Crippen LogP contribution in [0, 0.1) is 0 Å². The molecule has 5 nitrogen and oxygen atoms in total. The summed E-state index contributed by atoms with van der Waals surface area (Å²) in [4.78, 5) is 11.8. The minimum atomic E-state index is -0.420. The van der Waals surface area contributed by atoms with E-state index in [0.29, 0.717) is 16.1 Å². The molecule has 2 aromatic heterocycles. The molecule has 0 unspecified atom stereocenters. The van der Waals surface area contributed by atoms with Gasteiger partial charge in [-0.25, -0.2) is 5.43 Å². The number of rotatable bonds is 3. The van der Waals surface area contributed by atoms with Crippen molar-refractivity contribution in [2.45, 2.75) is 6.92 Å². The van der Waals surface area contributed by atoms with Gasteiger partial charge < -0.3 is 8.83 Å². The highest BCUT2D eigenvalue weighted by Gasteiger charge is 2.11. The molecule has 0 radical (unpaired) electrons. The predicted molar refractivity (Wildman–Crippen MR) is 82.3 cm³/mol. The Hall–Kier alpha value is -2.34. The number of hydrazone groups is 1. The molecule has 1 amide bonds. The van der Waals surface area contributed by atoms with Crippen LogP contribution < -0.4 is 5.43 Å². The second-order valence-corrected chi connectivity index (χ2v) is 5.17. The van der Waals surface area contributed by atoms with Crippen LogP contribution >= 0.6 is 15.9 Å². The van der Waals surface area contributed by atoms with E-state index < -0.39 is 5.91 Å². The fraction of sp³-hybridized carbons (Fsp3) is 0.0667. The van der Waals surface area contributed by atoms with E-state index in [0.717, 1.165) is 11.0 Å². The molecular weight excluding hydrogens is 336 g/mol. The first-order chi connectivity index (χ1) is 10.1. The SMILES string of the molecule is CC(=NNC(=O)c1ccc(Br)o1)c1cc2ccccc2o1. The molecule has 1 N–H and O–H groups in total. The van der Waals surface area contributed by atoms with E-state index in [1.807, 2.05) is 30.3 Å². The Morgan fingerprint density at radius 3 is 2.67 bits per heavy atom. The van der Waals surface area contributed by atoms with Gasteiger partial charge in [0.1, 0.15) is 11.3 Å². The van der Waals surface area contributed by atoms with Crippen LogP contribution in [0.5, 0.6) is 0 Å². The lowest BCUT2D eigenvalue weighted by Gasteiger charge is -1.98. The first kappa shape index (κ1) is 13.6. The molecule has 6 heteroatoms. The molecule has 0 bridgehead atoms. The van der Waals surface area contributed by atoms with Crippen LogP contribution in [0.2, 0.25) is 0 Å². The van der Waals surface area contributed by atoms with Gasteiger partial charge in [0.25, 0.3) is 0 Å². The molecule has 0 atom stereocenters. The van der Waals surface area contributed by atoms with Crippen molar-refractivity contribution in [1.29, 1.82) is 0 Å². The van der Waals surface area contributed by atoms with Gasteiger partial charge in [-0.1, -0.05) is 18.2 Å². The summed E-state index contributed by atoms with van der Waals surface area (Å²) in [5.74, 6) is 0.372. The number of nitrogens with zero attached hydrogens (tertiary/aromatic N) is 1. The van der Waals surface area contributed by atoms with Gasteiger partial charge >= 0.3 is 5.91 Å². The Kier molecular flexibility index (Phi) is 3.62. The van der Waals surface area contributed by atoms with Crippen molar-refractivity contribution >= 4 is 38.5 Å².